The van der Waals surface area contributed by atoms with E-state index in [2.05, 4.69) is 40.3 Å². The highest BCUT2D eigenvalue weighted by Crippen LogP contribution is 2.28. The van der Waals surface area contributed by atoms with E-state index in [9.17, 15) is 4.39 Å². The van der Waals surface area contributed by atoms with Gasteiger partial charge in [0.05, 0.1) is 11.9 Å². The summed E-state index contributed by atoms with van der Waals surface area (Å²) in [5, 5.41) is 9.12. The minimum atomic E-state index is -0.205. The predicted molar refractivity (Wildman–Crippen MR) is 135 cm³/mol. The van der Waals surface area contributed by atoms with Gasteiger partial charge in [0.1, 0.15) is 11.6 Å². The van der Waals surface area contributed by atoms with E-state index in [1.165, 1.54) is 0 Å². The first-order valence-electron chi connectivity index (χ1n) is 11.6. The van der Waals surface area contributed by atoms with Crippen LogP contribution in [0.4, 0.5) is 10.2 Å². The van der Waals surface area contributed by atoms with Gasteiger partial charge in [-0.25, -0.2) is 9.37 Å². The molecule has 0 amide bonds. The molecule has 0 unspecified atom stereocenters. The molecule has 34 heavy (non-hydrogen) atoms. The van der Waals surface area contributed by atoms with E-state index in [1.807, 2.05) is 49.9 Å². The van der Waals surface area contributed by atoms with Gasteiger partial charge < -0.3 is 10.3 Å². The van der Waals surface area contributed by atoms with Crippen LogP contribution in [-0.4, -0.2) is 31.1 Å². The lowest BCUT2D eigenvalue weighted by Gasteiger charge is -2.12. The molecule has 0 aliphatic heterocycles. The molecular formula is C27H29FN6. The minimum Gasteiger partial charge on any atom is -0.370 e. The first-order chi connectivity index (χ1) is 16.3. The summed E-state index contributed by atoms with van der Waals surface area (Å²) >= 11 is 0. The quantitative estimate of drug-likeness (QED) is 0.323. The highest BCUT2D eigenvalue weighted by molar-refractivity contribution is 5.87. The molecule has 7 heteroatoms. The number of aryl methyl sites for hydroxylation is 3. The Morgan fingerprint density at radius 3 is 2.65 bits per heavy atom. The van der Waals surface area contributed by atoms with Gasteiger partial charge >= 0.3 is 0 Å². The van der Waals surface area contributed by atoms with Crippen molar-refractivity contribution < 1.29 is 4.39 Å². The smallest absolute Gasteiger partial charge is 0.161 e. The van der Waals surface area contributed by atoms with Gasteiger partial charge in [0.15, 0.2) is 5.65 Å². The van der Waals surface area contributed by atoms with E-state index in [-0.39, 0.29) is 5.82 Å². The highest BCUT2D eigenvalue weighted by atomic mass is 19.1. The standard InChI is InChI=1S/C27H29FN6/c1-15(2)23-14-31-34-25(11-24(33-27(23)34)19-8-16(3)12-29-13-19)30-7-6-21-18(5)32-26-17(4)9-20(28)10-22(21)26/h8-15,30,32H,6-7H2,1-5H3. The summed E-state index contributed by atoms with van der Waals surface area (Å²) in [7, 11) is 0. The van der Waals surface area contributed by atoms with Crippen molar-refractivity contribution in [2.75, 3.05) is 11.9 Å². The second-order valence-corrected chi connectivity index (χ2v) is 9.32. The van der Waals surface area contributed by atoms with Crippen LogP contribution in [0.2, 0.25) is 0 Å². The predicted octanol–water partition coefficient (Wildman–Crippen LogP) is 6.11. The van der Waals surface area contributed by atoms with Gasteiger partial charge in [-0.15, -0.1) is 0 Å². The van der Waals surface area contributed by atoms with E-state index in [1.54, 1.807) is 12.1 Å². The normalized spacial score (nSPS) is 11.7. The number of rotatable bonds is 6. The van der Waals surface area contributed by atoms with Gasteiger partial charge in [-0.1, -0.05) is 13.8 Å². The largest absolute Gasteiger partial charge is 0.370 e. The number of hydrogen-bond acceptors (Lipinski definition) is 4. The Hall–Kier alpha value is -3.74. The maximum absolute atomic E-state index is 14.1. The van der Waals surface area contributed by atoms with Crippen LogP contribution in [0.3, 0.4) is 0 Å². The van der Waals surface area contributed by atoms with Crippen LogP contribution in [0.1, 0.15) is 47.7 Å². The molecule has 0 saturated heterocycles. The second-order valence-electron chi connectivity index (χ2n) is 9.32. The molecule has 0 aliphatic carbocycles. The van der Waals surface area contributed by atoms with Crippen molar-refractivity contribution >= 4 is 22.4 Å². The summed E-state index contributed by atoms with van der Waals surface area (Å²) in [5.41, 5.74) is 8.98. The number of aromatic amines is 1. The average molecular weight is 457 g/mol. The molecule has 174 valence electrons. The molecule has 0 atom stereocenters. The van der Waals surface area contributed by atoms with Crippen molar-refractivity contribution in [3.63, 3.8) is 0 Å². The Labute approximate surface area is 198 Å². The van der Waals surface area contributed by atoms with Crippen molar-refractivity contribution in [3.05, 3.63) is 76.6 Å². The van der Waals surface area contributed by atoms with Crippen molar-refractivity contribution in [2.24, 2.45) is 0 Å². The average Bonchev–Trinajstić information content (AvgIpc) is 3.35. The van der Waals surface area contributed by atoms with Crippen molar-refractivity contribution in [3.8, 4) is 11.3 Å². The summed E-state index contributed by atoms with van der Waals surface area (Å²) in [6.07, 6.45) is 6.32. The SMILES string of the molecule is Cc1cncc(-c2cc(NCCc3c(C)[nH]c4c(C)cc(F)cc34)n3ncc(C(C)C)c3n2)c1. The van der Waals surface area contributed by atoms with E-state index in [0.29, 0.717) is 12.5 Å². The fraction of sp³-hybridized carbons (Fsp3) is 0.296. The van der Waals surface area contributed by atoms with Crippen molar-refractivity contribution in [1.82, 2.24) is 24.6 Å². The zero-order valence-electron chi connectivity index (χ0n) is 20.2. The summed E-state index contributed by atoms with van der Waals surface area (Å²) in [5.74, 6) is 0.965. The van der Waals surface area contributed by atoms with Crippen LogP contribution in [-0.2, 0) is 6.42 Å². The number of fused-ring (bicyclic) bond motifs is 2. The van der Waals surface area contributed by atoms with Gasteiger partial charge in [-0.2, -0.15) is 9.61 Å². The third-order valence-electron chi connectivity index (χ3n) is 6.36. The molecule has 0 fully saturated rings. The van der Waals surface area contributed by atoms with Crippen LogP contribution < -0.4 is 5.32 Å². The summed E-state index contributed by atoms with van der Waals surface area (Å²) < 4.78 is 16.0. The molecular weight excluding hydrogens is 427 g/mol. The topological polar surface area (TPSA) is 70.9 Å². The number of aromatic nitrogens is 5. The monoisotopic (exact) mass is 456 g/mol. The van der Waals surface area contributed by atoms with Gasteiger partial charge in [-0.05, 0) is 68.0 Å². The molecule has 5 aromatic rings. The first kappa shape index (κ1) is 22.1. The first-order valence-corrected chi connectivity index (χ1v) is 11.6. The fourth-order valence-electron chi connectivity index (χ4n) is 4.61. The number of H-pyrrole nitrogens is 1. The van der Waals surface area contributed by atoms with Crippen LogP contribution in [0.25, 0.3) is 27.8 Å². The van der Waals surface area contributed by atoms with Gasteiger partial charge in [0.2, 0.25) is 0 Å². The van der Waals surface area contributed by atoms with E-state index in [4.69, 9.17) is 4.98 Å². The van der Waals surface area contributed by atoms with Gasteiger partial charge in [-0.3, -0.25) is 4.98 Å². The fourth-order valence-corrected chi connectivity index (χ4v) is 4.61. The summed E-state index contributed by atoms with van der Waals surface area (Å²) in [4.78, 5) is 12.7. The third-order valence-corrected chi connectivity index (χ3v) is 6.36. The van der Waals surface area contributed by atoms with Crippen molar-refractivity contribution in [2.45, 2.75) is 47.0 Å². The number of anilines is 1. The Kier molecular flexibility index (Phi) is 5.55. The number of nitrogens with one attached hydrogen (secondary N) is 2. The van der Waals surface area contributed by atoms with Crippen molar-refractivity contribution in [1.29, 1.82) is 0 Å². The Morgan fingerprint density at radius 1 is 1.06 bits per heavy atom. The lowest BCUT2D eigenvalue weighted by atomic mass is 10.1. The molecule has 4 aromatic heterocycles. The number of benzene rings is 1. The number of halogens is 1. The van der Waals surface area contributed by atoms with Crippen LogP contribution in [0.15, 0.2) is 42.9 Å². The molecule has 0 saturated carbocycles. The second kappa shape index (κ2) is 8.56. The van der Waals surface area contributed by atoms with Crippen LogP contribution in [0.5, 0.6) is 0 Å². The number of nitrogens with zero attached hydrogens (tertiary/aromatic N) is 4. The van der Waals surface area contributed by atoms with Crippen LogP contribution in [0, 0.1) is 26.6 Å². The van der Waals surface area contributed by atoms with E-state index in [0.717, 1.165) is 68.0 Å². The molecule has 2 N–H and O–H groups in total. The molecule has 0 aliphatic rings. The Bertz CT molecular complexity index is 1510. The van der Waals surface area contributed by atoms with E-state index >= 15 is 0 Å². The zero-order valence-corrected chi connectivity index (χ0v) is 20.2. The lowest BCUT2D eigenvalue weighted by molar-refractivity contribution is 0.628. The molecule has 6 nitrogen and oxygen atoms in total. The maximum Gasteiger partial charge on any atom is 0.161 e. The number of pyridine rings is 1. The Balaban J connectivity index is 1.50. The zero-order chi connectivity index (χ0) is 24.0. The molecule has 4 heterocycles. The summed E-state index contributed by atoms with van der Waals surface area (Å²) in [6, 6.07) is 7.30. The summed E-state index contributed by atoms with van der Waals surface area (Å²) in [6.45, 7) is 11.0. The number of hydrogen-bond donors (Lipinski definition) is 2. The van der Waals surface area contributed by atoms with Crippen LogP contribution >= 0.6 is 0 Å². The third kappa shape index (κ3) is 3.91. The van der Waals surface area contributed by atoms with Gasteiger partial charge in [0, 0.05) is 52.7 Å². The minimum absolute atomic E-state index is 0.205. The molecule has 1 aromatic carbocycles. The molecule has 5 rings (SSSR count). The molecule has 0 radical (unpaired) electrons. The molecule has 0 spiro atoms. The highest BCUT2D eigenvalue weighted by Gasteiger charge is 2.16. The molecule has 0 bridgehead atoms. The lowest BCUT2D eigenvalue weighted by Crippen LogP contribution is -2.10. The van der Waals surface area contributed by atoms with E-state index < -0.39 is 0 Å². The Morgan fingerprint density at radius 2 is 1.88 bits per heavy atom. The van der Waals surface area contributed by atoms with Gasteiger partial charge in [0.25, 0.3) is 0 Å². The maximum atomic E-state index is 14.1.